The van der Waals surface area contributed by atoms with Crippen molar-refractivity contribution in [3.63, 3.8) is 0 Å². The lowest BCUT2D eigenvalue weighted by atomic mass is 9.95. The molecule has 0 radical (unpaired) electrons. The van der Waals surface area contributed by atoms with Crippen molar-refractivity contribution in [1.82, 2.24) is 5.01 Å². The van der Waals surface area contributed by atoms with Crippen LogP contribution in [-0.2, 0) is 0 Å². The smallest absolute Gasteiger partial charge is 0.213 e. The summed E-state index contributed by atoms with van der Waals surface area (Å²) >= 11 is 6.30. The summed E-state index contributed by atoms with van der Waals surface area (Å²) in [4.78, 5) is 0. The Morgan fingerprint density at radius 1 is 0.929 bits per heavy atom. The largest absolute Gasteiger partial charge is 0.464 e. The Bertz CT molecular complexity index is 1060. The summed E-state index contributed by atoms with van der Waals surface area (Å²) in [5.41, 5.74) is 6.92. The Morgan fingerprint density at radius 3 is 2.32 bits per heavy atom. The van der Waals surface area contributed by atoms with Gasteiger partial charge in [0.05, 0.1) is 11.8 Å². The molecule has 0 aliphatic carbocycles. The SMILES string of the molecule is Cc1ccc(C2=NN3[C@H](C2)c2cc(Cl)ccc2O[C@@H]3c2ccc(C)cc2)cc1. The van der Waals surface area contributed by atoms with Gasteiger partial charge in [0.25, 0.3) is 0 Å². The van der Waals surface area contributed by atoms with Crippen LogP contribution in [0.25, 0.3) is 0 Å². The van der Waals surface area contributed by atoms with Gasteiger partial charge in [-0.15, -0.1) is 0 Å². The molecule has 0 fully saturated rings. The van der Waals surface area contributed by atoms with Crippen LogP contribution in [0.15, 0.2) is 71.8 Å². The van der Waals surface area contributed by atoms with Gasteiger partial charge in [-0.05, 0) is 37.6 Å². The fraction of sp³-hybridized carbons (Fsp3) is 0.208. The maximum Gasteiger partial charge on any atom is 0.213 e. The number of hydrazone groups is 1. The third-order valence-electron chi connectivity index (χ3n) is 5.50. The average molecular weight is 389 g/mol. The first kappa shape index (κ1) is 17.3. The molecule has 3 aromatic carbocycles. The summed E-state index contributed by atoms with van der Waals surface area (Å²) in [6.07, 6.45) is 0.588. The number of aryl methyl sites for hydroxylation is 2. The van der Waals surface area contributed by atoms with Crippen LogP contribution in [-0.4, -0.2) is 10.7 Å². The average Bonchev–Trinajstić information content (AvgIpc) is 3.14. The lowest BCUT2D eigenvalue weighted by Crippen LogP contribution is -2.33. The first-order chi connectivity index (χ1) is 13.6. The highest BCUT2D eigenvalue weighted by Gasteiger charge is 2.41. The Hall–Kier alpha value is -2.78. The molecule has 28 heavy (non-hydrogen) atoms. The van der Waals surface area contributed by atoms with Crippen molar-refractivity contribution >= 4 is 17.3 Å². The molecule has 0 saturated heterocycles. The fourth-order valence-corrected chi connectivity index (χ4v) is 4.11. The molecular weight excluding hydrogens is 368 g/mol. The molecule has 2 aliphatic rings. The Morgan fingerprint density at radius 2 is 1.61 bits per heavy atom. The Kier molecular flexibility index (Phi) is 4.13. The zero-order valence-electron chi connectivity index (χ0n) is 15.9. The zero-order valence-corrected chi connectivity index (χ0v) is 16.6. The highest BCUT2D eigenvalue weighted by Crippen LogP contribution is 2.48. The van der Waals surface area contributed by atoms with Crippen LogP contribution < -0.4 is 4.74 Å². The highest BCUT2D eigenvalue weighted by molar-refractivity contribution is 6.30. The van der Waals surface area contributed by atoms with E-state index in [9.17, 15) is 0 Å². The second-order valence-corrected chi connectivity index (χ2v) is 8.01. The minimum atomic E-state index is -0.248. The van der Waals surface area contributed by atoms with E-state index >= 15 is 0 Å². The molecule has 0 saturated carbocycles. The summed E-state index contributed by atoms with van der Waals surface area (Å²) in [6, 6.07) is 23.0. The van der Waals surface area contributed by atoms with E-state index in [-0.39, 0.29) is 12.3 Å². The first-order valence-electron chi connectivity index (χ1n) is 9.54. The summed E-state index contributed by atoms with van der Waals surface area (Å²) in [7, 11) is 0. The molecule has 0 unspecified atom stereocenters. The minimum Gasteiger partial charge on any atom is -0.464 e. The van der Waals surface area contributed by atoms with E-state index in [1.165, 1.54) is 11.1 Å². The van der Waals surface area contributed by atoms with Gasteiger partial charge >= 0.3 is 0 Å². The first-order valence-corrected chi connectivity index (χ1v) is 9.92. The molecule has 5 rings (SSSR count). The Labute approximate surface area is 170 Å². The number of nitrogens with zero attached hydrogens (tertiary/aromatic N) is 2. The second kappa shape index (κ2) is 6.68. The van der Waals surface area contributed by atoms with Crippen molar-refractivity contribution in [3.8, 4) is 5.75 Å². The van der Waals surface area contributed by atoms with Crippen molar-refractivity contribution in [2.75, 3.05) is 0 Å². The van der Waals surface area contributed by atoms with Gasteiger partial charge < -0.3 is 4.74 Å². The molecule has 140 valence electrons. The number of halogens is 1. The zero-order chi connectivity index (χ0) is 19.3. The van der Waals surface area contributed by atoms with E-state index in [0.29, 0.717) is 0 Å². The highest BCUT2D eigenvalue weighted by atomic mass is 35.5. The molecule has 0 bridgehead atoms. The number of hydrogen-bond acceptors (Lipinski definition) is 3. The third kappa shape index (κ3) is 2.96. The molecule has 0 amide bonds. The lowest BCUT2D eigenvalue weighted by molar-refractivity contribution is -0.0190. The number of ether oxygens (including phenoxy) is 1. The third-order valence-corrected chi connectivity index (χ3v) is 5.73. The Balaban J connectivity index is 1.59. The molecule has 2 heterocycles. The molecule has 0 aromatic heterocycles. The van der Waals surface area contributed by atoms with Crippen molar-refractivity contribution in [3.05, 3.63) is 99.6 Å². The molecule has 3 nitrogen and oxygen atoms in total. The topological polar surface area (TPSA) is 24.8 Å². The van der Waals surface area contributed by atoms with Crippen molar-refractivity contribution in [2.24, 2.45) is 5.10 Å². The minimum absolute atomic E-state index is 0.116. The summed E-state index contributed by atoms with van der Waals surface area (Å²) in [5, 5.41) is 7.82. The second-order valence-electron chi connectivity index (χ2n) is 7.58. The maximum atomic E-state index is 6.39. The van der Waals surface area contributed by atoms with Crippen LogP contribution in [0.4, 0.5) is 0 Å². The molecule has 2 atom stereocenters. The van der Waals surface area contributed by atoms with Crippen LogP contribution in [0.3, 0.4) is 0 Å². The monoisotopic (exact) mass is 388 g/mol. The molecule has 2 aliphatic heterocycles. The van der Waals surface area contributed by atoms with Crippen molar-refractivity contribution in [1.29, 1.82) is 0 Å². The normalized spacial score (nSPS) is 20.2. The summed E-state index contributed by atoms with van der Waals surface area (Å²) in [6.45, 7) is 4.19. The van der Waals surface area contributed by atoms with Gasteiger partial charge in [0.15, 0.2) is 0 Å². The van der Waals surface area contributed by atoms with Gasteiger partial charge in [-0.3, -0.25) is 0 Å². The van der Waals surface area contributed by atoms with E-state index < -0.39 is 0 Å². The van der Waals surface area contributed by atoms with Gasteiger partial charge in [0.1, 0.15) is 5.75 Å². The number of rotatable bonds is 2. The van der Waals surface area contributed by atoms with Crippen LogP contribution in [0.1, 0.15) is 46.5 Å². The fourth-order valence-electron chi connectivity index (χ4n) is 3.93. The van der Waals surface area contributed by atoms with Crippen LogP contribution in [0.2, 0.25) is 5.02 Å². The van der Waals surface area contributed by atoms with Gasteiger partial charge in [0.2, 0.25) is 6.23 Å². The van der Waals surface area contributed by atoms with Gasteiger partial charge in [-0.2, -0.15) is 5.10 Å². The quantitative estimate of drug-likeness (QED) is 0.522. The van der Waals surface area contributed by atoms with Crippen molar-refractivity contribution in [2.45, 2.75) is 32.5 Å². The summed E-state index contributed by atoms with van der Waals surface area (Å²) < 4.78 is 6.39. The molecule has 4 heteroatoms. The van der Waals surface area contributed by atoms with Gasteiger partial charge in [-0.25, -0.2) is 5.01 Å². The maximum absolute atomic E-state index is 6.39. The lowest BCUT2D eigenvalue weighted by Gasteiger charge is -2.38. The van der Waals surface area contributed by atoms with Crippen LogP contribution in [0, 0.1) is 13.8 Å². The number of hydrogen-bond donors (Lipinski definition) is 0. The molecular formula is C24H21ClN2O. The van der Waals surface area contributed by atoms with Crippen LogP contribution >= 0.6 is 11.6 Å². The van der Waals surface area contributed by atoms with E-state index in [1.807, 2.05) is 18.2 Å². The van der Waals surface area contributed by atoms with E-state index in [4.69, 9.17) is 21.4 Å². The van der Waals surface area contributed by atoms with Gasteiger partial charge in [-0.1, -0.05) is 71.3 Å². The summed E-state index contributed by atoms with van der Waals surface area (Å²) in [5.74, 6) is 0.886. The predicted octanol–water partition coefficient (Wildman–Crippen LogP) is 6.20. The number of fused-ring (bicyclic) bond motifs is 3. The van der Waals surface area contributed by atoms with E-state index in [0.717, 1.165) is 39.6 Å². The predicted molar refractivity (Wildman–Crippen MR) is 113 cm³/mol. The number of benzene rings is 3. The van der Waals surface area contributed by atoms with E-state index in [2.05, 4.69) is 67.4 Å². The van der Waals surface area contributed by atoms with Crippen molar-refractivity contribution < 1.29 is 4.74 Å². The van der Waals surface area contributed by atoms with Crippen LogP contribution in [0.5, 0.6) is 5.75 Å². The standard InChI is InChI=1S/C24H21ClN2O/c1-15-3-7-17(8-4-15)21-14-22-20-13-19(25)11-12-23(20)28-24(27(22)26-21)18-9-5-16(2)6-10-18/h3-13,22,24H,14H2,1-2H3/t22-,24-/m1/s1. The van der Waals surface area contributed by atoms with E-state index in [1.54, 1.807) is 0 Å². The molecule has 0 N–H and O–H groups in total. The molecule has 0 spiro atoms. The molecule has 3 aromatic rings. The van der Waals surface area contributed by atoms with Gasteiger partial charge in [0, 0.05) is 22.6 Å².